The summed E-state index contributed by atoms with van der Waals surface area (Å²) in [7, 11) is 3.70. The average molecular weight is 273 g/mol. The van der Waals surface area contributed by atoms with Gasteiger partial charge in [-0.15, -0.1) is 10.2 Å². The van der Waals surface area contributed by atoms with Gasteiger partial charge in [0.25, 0.3) is 0 Å². The summed E-state index contributed by atoms with van der Waals surface area (Å²) in [6, 6.07) is 0. The summed E-state index contributed by atoms with van der Waals surface area (Å²) in [5, 5.41) is 21.8. The summed E-state index contributed by atoms with van der Waals surface area (Å²) in [5.41, 5.74) is 0.700. The van der Waals surface area contributed by atoms with E-state index in [1.54, 1.807) is 19.6 Å². The fourth-order valence-corrected chi connectivity index (χ4v) is 1.91. The maximum absolute atomic E-state index is 4.40. The lowest BCUT2D eigenvalue weighted by Crippen LogP contribution is -2.11. The maximum Gasteiger partial charge on any atom is 0.226 e. The van der Waals surface area contributed by atoms with Gasteiger partial charge in [-0.3, -0.25) is 5.10 Å². The highest BCUT2D eigenvalue weighted by Gasteiger charge is 2.09. The summed E-state index contributed by atoms with van der Waals surface area (Å²) in [4.78, 5) is 8.68. The molecule has 0 aliphatic carbocycles. The second-order valence-electron chi connectivity index (χ2n) is 4.31. The summed E-state index contributed by atoms with van der Waals surface area (Å²) in [6.45, 7) is 0.701. The van der Waals surface area contributed by atoms with E-state index in [4.69, 9.17) is 0 Å². The second-order valence-corrected chi connectivity index (χ2v) is 4.31. The highest BCUT2D eigenvalue weighted by atomic mass is 15.2. The van der Waals surface area contributed by atoms with Crippen LogP contribution in [0.2, 0.25) is 0 Å². The summed E-state index contributed by atoms with van der Waals surface area (Å²) >= 11 is 0. The summed E-state index contributed by atoms with van der Waals surface area (Å²) < 4.78 is 1.90. The zero-order chi connectivity index (χ0) is 13.9. The van der Waals surface area contributed by atoms with Crippen LogP contribution in [0.4, 0.5) is 11.8 Å². The molecule has 104 valence electrons. The van der Waals surface area contributed by atoms with Crippen LogP contribution in [0.15, 0.2) is 12.5 Å². The predicted octanol–water partition coefficient (Wildman–Crippen LogP) is 0.178. The van der Waals surface area contributed by atoms with Gasteiger partial charge in [0.15, 0.2) is 5.65 Å². The van der Waals surface area contributed by atoms with Crippen molar-refractivity contribution in [2.24, 2.45) is 7.05 Å². The Labute approximate surface area is 114 Å². The Bertz CT molecular complexity index is 714. The van der Waals surface area contributed by atoms with Crippen molar-refractivity contribution in [1.29, 1.82) is 0 Å². The molecular weight excluding hydrogens is 258 g/mol. The standard InChI is InChI=1S/C11H15N9/c1-12-11-16-9(7-5-14-19-10(7)17-11)13-4-3-8-18-15-6-20(8)2/h5-6H,3-4H2,1-2H3,(H3,12,13,14,16,17,19). The molecule has 20 heavy (non-hydrogen) atoms. The van der Waals surface area contributed by atoms with Gasteiger partial charge >= 0.3 is 0 Å². The van der Waals surface area contributed by atoms with Crippen molar-refractivity contribution in [3.8, 4) is 0 Å². The second kappa shape index (κ2) is 5.11. The molecule has 9 nitrogen and oxygen atoms in total. The van der Waals surface area contributed by atoms with E-state index >= 15 is 0 Å². The molecule has 3 aromatic rings. The normalized spacial score (nSPS) is 10.9. The first-order valence-electron chi connectivity index (χ1n) is 6.23. The Morgan fingerprint density at radius 2 is 2.25 bits per heavy atom. The zero-order valence-corrected chi connectivity index (χ0v) is 11.3. The molecule has 0 radical (unpaired) electrons. The van der Waals surface area contributed by atoms with E-state index in [9.17, 15) is 0 Å². The third kappa shape index (κ3) is 2.25. The molecule has 0 atom stereocenters. The third-order valence-corrected chi connectivity index (χ3v) is 2.98. The van der Waals surface area contributed by atoms with Crippen LogP contribution in [-0.2, 0) is 13.5 Å². The Balaban J connectivity index is 1.76. The lowest BCUT2D eigenvalue weighted by atomic mass is 10.3. The minimum atomic E-state index is 0.544. The quantitative estimate of drug-likeness (QED) is 0.608. The number of hydrogen-bond acceptors (Lipinski definition) is 7. The van der Waals surface area contributed by atoms with Crippen molar-refractivity contribution in [3.05, 3.63) is 18.3 Å². The highest BCUT2D eigenvalue weighted by molar-refractivity contribution is 5.86. The lowest BCUT2D eigenvalue weighted by molar-refractivity contribution is 0.787. The topological polar surface area (TPSA) is 109 Å². The molecule has 0 bridgehead atoms. The predicted molar refractivity (Wildman–Crippen MR) is 74.4 cm³/mol. The fraction of sp³-hybridized carbons (Fsp3) is 0.364. The minimum absolute atomic E-state index is 0.544. The van der Waals surface area contributed by atoms with Crippen molar-refractivity contribution in [1.82, 2.24) is 34.9 Å². The number of aryl methyl sites for hydroxylation is 1. The third-order valence-electron chi connectivity index (χ3n) is 2.98. The van der Waals surface area contributed by atoms with E-state index in [2.05, 4.69) is 41.0 Å². The van der Waals surface area contributed by atoms with E-state index in [1.165, 1.54) is 0 Å². The largest absolute Gasteiger partial charge is 0.369 e. The van der Waals surface area contributed by atoms with E-state index < -0.39 is 0 Å². The van der Waals surface area contributed by atoms with Crippen molar-refractivity contribution in [2.45, 2.75) is 6.42 Å². The number of nitrogens with one attached hydrogen (secondary N) is 3. The van der Waals surface area contributed by atoms with Gasteiger partial charge in [0.2, 0.25) is 5.95 Å². The SMILES string of the molecule is CNc1nc(NCCc2nncn2C)c2cn[nH]c2n1. The van der Waals surface area contributed by atoms with Crippen LogP contribution in [0.25, 0.3) is 11.0 Å². The molecule has 9 heteroatoms. The molecular formula is C11H15N9. The molecule has 3 rings (SSSR count). The minimum Gasteiger partial charge on any atom is -0.369 e. The molecule has 3 aromatic heterocycles. The van der Waals surface area contributed by atoms with Gasteiger partial charge in [-0.1, -0.05) is 0 Å². The first kappa shape index (κ1) is 12.3. The van der Waals surface area contributed by atoms with Crippen molar-refractivity contribution < 1.29 is 0 Å². The number of aromatic amines is 1. The highest BCUT2D eigenvalue weighted by Crippen LogP contribution is 2.19. The number of hydrogen-bond donors (Lipinski definition) is 3. The van der Waals surface area contributed by atoms with Crippen LogP contribution in [0.1, 0.15) is 5.82 Å². The van der Waals surface area contributed by atoms with Crippen LogP contribution in [0.3, 0.4) is 0 Å². The van der Waals surface area contributed by atoms with E-state index in [-0.39, 0.29) is 0 Å². The molecule has 0 amide bonds. The Hall–Kier alpha value is -2.71. The molecule has 0 saturated carbocycles. The van der Waals surface area contributed by atoms with Gasteiger partial charge in [0, 0.05) is 27.1 Å². The number of H-pyrrole nitrogens is 1. The van der Waals surface area contributed by atoms with Gasteiger partial charge < -0.3 is 15.2 Å². The van der Waals surface area contributed by atoms with Gasteiger partial charge in [-0.05, 0) is 0 Å². The molecule has 3 heterocycles. The van der Waals surface area contributed by atoms with E-state index in [0.717, 1.165) is 23.4 Å². The van der Waals surface area contributed by atoms with Gasteiger partial charge in [-0.25, -0.2) is 0 Å². The van der Waals surface area contributed by atoms with Gasteiger partial charge in [0.1, 0.15) is 18.0 Å². The van der Waals surface area contributed by atoms with Crippen molar-refractivity contribution in [2.75, 3.05) is 24.2 Å². The zero-order valence-electron chi connectivity index (χ0n) is 11.3. The molecule has 0 aromatic carbocycles. The van der Waals surface area contributed by atoms with Crippen LogP contribution in [0.5, 0.6) is 0 Å². The first-order valence-corrected chi connectivity index (χ1v) is 6.23. The number of aromatic nitrogens is 7. The fourth-order valence-electron chi connectivity index (χ4n) is 1.91. The molecule has 0 unspecified atom stereocenters. The molecule has 0 aliphatic heterocycles. The Morgan fingerprint density at radius 3 is 3.00 bits per heavy atom. The van der Waals surface area contributed by atoms with Gasteiger partial charge in [0.05, 0.1) is 11.6 Å². The Kier molecular flexibility index (Phi) is 3.15. The number of rotatable bonds is 5. The molecule has 0 aliphatic rings. The summed E-state index contributed by atoms with van der Waals surface area (Å²) in [5.74, 6) is 2.21. The van der Waals surface area contributed by atoms with Crippen LogP contribution in [0, 0.1) is 0 Å². The van der Waals surface area contributed by atoms with Gasteiger partial charge in [-0.2, -0.15) is 15.1 Å². The van der Waals surface area contributed by atoms with Crippen molar-refractivity contribution in [3.63, 3.8) is 0 Å². The average Bonchev–Trinajstić information content (AvgIpc) is 3.07. The van der Waals surface area contributed by atoms with Crippen LogP contribution in [-0.4, -0.2) is 48.5 Å². The van der Waals surface area contributed by atoms with E-state index in [1.807, 2.05) is 11.6 Å². The molecule has 0 spiro atoms. The number of fused-ring (bicyclic) bond motifs is 1. The number of anilines is 2. The molecule has 0 fully saturated rings. The lowest BCUT2D eigenvalue weighted by Gasteiger charge is -2.07. The monoisotopic (exact) mass is 273 g/mol. The molecule has 0 saturated heterocycles. The van der Waals surface area contributed by atoms with Crippen LogP contribution >= 0.6 is 0 Å². The smallest absolute Gasteiger partial charge is 0.226 e. The van der Waals surface area contributed by atoms with E-state index in [0.29, 0.717) is 18.1 Å². The Morgan fingerprint density at radius 1 is 1.35 bits per heavy atom. The van der Waals surface area contributed by atoms with Crippen molar-refractivity contribution >= 4 is 22.8 Å². The number of nitrogens with zero attached hydrogens (tertiary/aromatic N) is 6. The molecule has 3 N–H and O–H groups in total. The maximum atomic E-state index is 4.40. The van der Waals surface area contributed by atoms with Crippen LogP contribution < -0.4 is 10.6 Å². The summed E-state index contributed by atoms with van der Waals surface area (Å²) in [6.07, 6.45) is 4.15. The first-order chi connectivity index (χ1) is 9.78.